The van der Waals surface area contributed by atoms with Crippen molar-refractivity contribution in [3.8, 4) is 5.69 Å². The van der Waals surface area contributed by atoms with Crippen LogP contribution < -0.4 is 0 Å². The Hall–Kier alpha value is -1.46. The highest BCUT2D eigenvalue weighted by atomic mass is 32.1. The number of ether oxygens (including phenoxy) is 1. The summed E-state index contributed by atoms with van der Waals surface area (Å²) < 4.78 is 7.66. The molecule has 90 valence electrons. The molecule has 0 bridgehead atoms. The van der Waals surface area contributed by atoms with E-state index in [1.165, 1.54) is 0 Å². The molecule has 1 heterocycles. The maximum Gasteiger partial charge on any atom is 0.199 e. The van der Waals surface area contributed by atoms with E-state index in [0.29, 0.717) is 11.4 Å². The predicted octanol–water partition coefficient (Wildman–Crippen LogP) is 2.64. The Kier molecular flexibility index (Phi) is 3.71. The van der Waals surface area contributed by atoms with Crippen LogP contribution in [0.4, 0.5) is 0 Å². The number of nitrogens with zero attached hydrogens (tertiary/aromatic N) is 2. The third kappa shape index (κ3) is 2.45. The second kappa shape index (κ2) is 5.25. The van der Waals surface area contributed by atoms with Crippen molar-refractivity contribution in [3.63, 3.8) is 0 Å². The van der Waals surface area contributed by atoms with E-state index in [9.17, 15) is 0 Å². The largest absolute Gasteiger partial charge is 0.380 e. The molecule has 0 atom stereocenters. The Bertz CT molecular complexity index is 542. The highest BCUT2D eigenvalue weighted by Gasteiger charge is 2.05. The van der Waals surface area contributed by atoms with Gasteiger partial charge in [-0.05, 0) is 29.9 Å². The van der Waals surface area contributed by atoms with Crippen LogP contribution >= 0.6 is 12.2 Å². The molecular weight excluding hydrogens is 234 g/mol. The van der Waals surface area contributed by atoms with Crippen LogP contribution in [0.25, 0.3) is 5.69 Å². The van der Waals surface area contributed by atoms with Crippen molar-refractivity contribution in [3.05, 3.63) is 40.4 Å². The minimum Gasteiger partial charge on any atom is -0.380 e. The molecule has 4 nitrogen and oxygen atoms in total. The van der Waals surface area contributed by atoms with Gasteiger partial charge in [-0.2, -0.15) is 5.10 Å². The van der Waals surface area contributed by atoms with Crippen molar-refractivity contribution in [2.24, 2.45) is 0 Å². The number of rotatable bonds is 4. The molecule has 0 aliphatic rings. The van der Waals surface area contributed by atoms with E-state index in [0.717, 1.165) is 23.5 Å². The Labute approximate surface area is 105 Å². The number of benzene rings is 1. The van der Waals surface area contributed by atoms with E-state index < -0.39 is 0 Å². The van der Waals surface area contributed by atoms with Crippen molar-refractivity contribution in [1.82, 2.24) is 14.8 Å². The summed E-state index contributed by atoms with van der Waals surface area (Å²) in [5.41, 5.74) is 2.17. The van der Waals surface area contributed by atoms with E-state index >= 15 is 0 Å². The zero-order valence-corrected chi connectivity index (χ0v) is 10.8. The fraction of sp³-hybridized carbons (Fsp3) is 0.333. The molecule has 0 fully saturated rings. The van der Waals surface area contributed by atoms with Gasteiger partial charge in [0, 0.05) is 19.2 Å². The fourth-order valence-corrected chi connectivity index (χ4v) is 2.00. The zero-order chi connectivity index (χ0) is 12.3. The minimum atomic E-state index is 0.623. The van der Waals surface area contributed by atoms with E-state index in [1.54, 1.807) is 7.11 Å². The summed E-state index contributed by atoms with van der Waals surface area (Å²) in [5.74, 6) is 0.939. The van der Waals surface area contributed by atoms with Gasteiger partial charge in [0.1, 0.15) is 5.82 Å². The lowest BCUT2D eigenvalue weighted by Crippen LogP contribution is -2.00. The maximum atomic E-state index is 5.23. The van der Waals surface area contributed by atoms with E-state index in [4.69, 9.17) is 17.0 Å². The van der Waals surface area contributed by atoms with Gasteiger partial charge in [-0.3, -0.25) is 9.67 Å². The van der Waals surface area contributed by atoms with Crippen LogP contribution in [0.3, 0.4) is 0 Å². The zero-order valence-electron chi connectivity index (χ0n) is 9.93. The Morgan fingerprint density at radius 1 is 1.35 bits per heavy atom. The quantitative estimate of drug-likeness (QED) is 0.847. The first-order chi connectivity index (χ1) is 8.26. The summed E-state index contributed by atoms with van der Waals surface area (Å²) in [4.78, 5) is 0. The molecule has 17 heavy (non-hydrogen) atoms. The standard InChI is InChI=1S/C12H15N3OS/c1-3-11-13-14-12(17)15(11)10-6-4-9(5-7-10)8-16-2/h4-7H,3,8H2,1-2H3,(H,14,17). The molecule has 0 amide bonds. The average Bonchev–Trinajstić information content (AvgIpc) is 2.72. The van der Waals surface area contributed by atoms with Gasteiger partial charge in [0.05, 0.1) is 6.61 Å². The molecule has 0 radical (unpaired) electrons. The topological polar surface area (TPSA) is 42.8 Å². The number of H-pyrrole nitrogens is 1. The Morgan fingerprint density at radius 3 is 2.65 bits per heavy atom. The molecule has 2 aromatic rings. The summed E-state index contributed by atoms with van der Waals surface area (Å²) in [5, 5.41) is 7.01. The highest BCUT2D eigenvalue weighted by molar-refractivity contribution is 7.71. The number of hydrogen-bond acceptors (Lipinski definition) is 3. The number of hydrogen-bond donors (Lipinski definition) is 1. The summed E-state index contributed by atoms with van der Waals surface area (Å²) in [6, 6.07) is 8.12. The van der Waals surface area contributed by atoms with Gasteiger partial charge < -0.3 is 4.74 Å². The normalized spacial score (nSPS) is 10.7. The van der Waals surface area contributed by atoms with Gasteiger partial charge in [0.2, 0.25) is 0 Å². The molecule has 2 rings (SSSR count). The molecule has 0 saturated heterocycles. The lowest BCUT2D eigenvalue weighted by atomic mass is 10.2. The lowest BCUT2D eigenvalue weighted by Gasteiger charge is -2.06. The first-order valence-electron chi connectivity index (χ1n) is 5.50. The van der Waals surface area contributed by atoms with Gasteiger partial charge >= 0.3 is 0 Å². The maximum absolute atomic E-state index is 5.23. The van der Waals surface area contributed by atoms with Crippen LogP contribution in [0, 0.1) is 4.77 Å². The predicted molar refractivity (Wildman–Crippen MR) is 68.8 cm³/mol. The SMILES string of the molecule is CCc1n[nH]c(=S)n1-c1ccc(COC)cc1. The van der Waals surface area contributed by atoms with Crippen molar-refractivity contribution in [1.29, 1.82) is 0 Å². The highest BCUT2D eigenvalue weighted by Crippen LogP contribution is 2.13. The molecule has 0 aliphatic heterocycles. The molecule has 1 aromatic carbocycles. The van der Waals surface area contributed by atoms with Gasteiger partial charge in [-0.1, -0.05) is 19.1 Å². The molecular formula is C12H15N3OS. The first-order valence-corrected chi connectivity index (χ1v) is 5.91. The van der Waals surface area contributed by atoms with E-state index in [-0.39, 0.29) is 0 Å². The Balaban J connectivity index is 2.39. The number of aromatic nitrogens is 3. The van der Waals surface area contributed by atoms with Crippen LogP contribution in [0.2, 0.25) is 0 Å². The average molecular weight is 249 g/mol. The van der Waals surface area contributed by atoms with Crippen molar-refractivity contribution in [2.45, 2.75) is 20.0 Å². The van der Waals surface area contributed by atoms with E-state index in [2.05, 4.69) is 17.1 Å². The van der Waals surface area contributed by atoms with Crippen LogP contribution in [0.5, 0.6) is 0 Å². The third-order valence-corrected chi connectivity index (χ3v) is 2.84. The fourth-order valence-electron chi connectivity index (χ4n) is 1.74. The smallest absolute Gasteiger partial charge is 0.199 e. The van der Waals surface area contributed by atoms with Gasteiger partial charge in [-0.15, -0.1) is 0 Å². The van der Waals surface area contributed by atoms with Crippen molar-refractivity contribution < 1.29 is 4.74 Å². The van der Waals surface area contributed by atoms with Crippen LogP contribution in [-0.2, 0) is 17.8 Å². The third-order valence-electron chi connectivity index (χ3n) is 2.56. The summed E-state index contributed by atoms with van der Waals surface area (Å²) in [7, 11) is 1.69. The summed E-state index contributed by atoms with van der Waals surface area (Å²) >= 11 is 5.23. The van der Waals surface area contributed by atoms with Gasteiger partial charge in [0.15, 0.2) is 4.77 Å². The van der Waals surface area contributed by atoms with Crippen molar-refractivity contribution in [2.75, 3.05) is 7.11 Å². The summed E-state index contributed by atoms with van der Waals surface area (Å²) in [6.07, 6.45) is 0.840. The van der Waals surface area contributed by atoms with Crippen molar-refractivity contribution >= 4 is 12.2 Å². The molecule has 5 heteroatoms. The van der Waals surface area contributed by atoms with Crippen LogP contribution in [-0.4, -0.2) is 21.9 Å². The Morgan fingerprint density at radius 2 is 2.06 bits per heavy atom. The van der Waals surface area contributed by atoms with Crippen LogP contribution in [0.1, 0.15) is 18.3 Å². The first kappa shape index (κ1) is 12.0. The number of methoxy groups -OCH3 is 1. The summed E-state index contributed by atoms with van der Waals surface area (Å²) in [6.45, 7) is 2.68. The monoisotopic (exact) mass is 249 g/mol. The van der Waals surface area contributed by atoms with Gasteiger partial charge in [-0.25, -0.2) is 0 Å². The second-order valence-electron chi connectivity index (χ2n) is 3.73. The molecule has 1 N–H and O–H groups in total. The number of nitrogens with one attached hydrogen (secondary N) is 1. The number of aromatic amines is 1. The van der Waals surface area contributed by atoms with Crippen LogP contribution in [0.15, 0.2) is 24.3 Å². The second-order valence-corrected chi connectivity index (χ2v) is 4.12. The molecule has 0 spiro atoms. The lowest BCUT2D eigenvalue weighted by molar-refractivity contribution is 0.185. The van der Waals surface area contributed by atoms with E-state index in [1.807, 2.05) is 28.8 Å². The minimum absolute atomic E-state index is 0.623. The molecule has 0 unspecified atom stereocenters. The van der Waals surface area contributed by atoms with Gasteiger partial charge in [0.25, 0.3) is 0 Å². The number of aryl methyl sites for hydroxylation is 1. The molecule has 0 saturated carbocycles. The molecule has 0 aliphatic carbocycles. The molecule has 1 aromatic heterocycles.